The average molecular weight is 358 g/mol. The van der Waals surface area contributed by atoms with Gasteiger partial charge in [-0.2, -0.15) is 0 Å². The van der Waals surface area contributed by atoms with E-state index in [9.17, 15) is 9.59 Å². The minimum atomic E-state index is -0.867. The summed E-state index contributed by atoms with van der Waals surface area (Å²) in [5.74, 6) is -0.280. The lowest BCUT2D eigenvalue weighted by Gasteiger charge is -2.13. The van der Waals surface area contributed by atoms with Gasteiger partial charge in [0.15, 0.2) is 0 Å². The molecule has 0 aromatic heterocycles. The van der Waals surface area contributed by atoms with Crippen molar-refractivity contribution < 1.29 is 24.2 Å². The van der Waals surface area contributed by atoms with Gasteiger partial charge in [0, 0.05) is 12.1 Å². The number of hydrogen-bond donors (Lipinski definition) is 2. The predicted octanol–water partition coefficient (Wildman–Crippen LogP) is 2.06. The van der Waals surface area contributed by atoms with E-state index in [1.54, 1.807) is 12.1 Å². The highest BCUT2D eigenvalue weighted by molar-refractivity contribution is 9.10. The summed E-state index contributed by atoms with van der Waals surface area (Å²) in [6, 6.07) is 3.14. The zero-order valence-electron chi connectivity index (χ0n) is 11.7. The van der Waals surface area contributed by atoms with Crippen molar-refractivity contribution in [3.8, 4) is 11.5 Å². The fourth-order valence-corrected chi connectivity index (χ4v) is 2.52. The number of amides is 1. The van der Waals surface area contributed by atoms with Gasteiger partial charge in [0.2, 0.25) is 0 Å². The number of benzene rings is 1. The van der Waals surface area contributed by atoms with Crippen LogP contribution in [-0.2, 0) is 4.79 Å². The summed E-state index contributed by atoms with van der Waals surface area (Å²) in [5.41, 5.74) is -0.438. The van der Waals surface area contributed by atoms with Crippen molar-refractivity contribution in [2.45, 2.75) is 12.8 Å². The smallest absolute Gasteiger partial charge is 0.311 e. The number of carboxylic acids is 1. The van der Waals surface area contributed by atoms with E-state index in [2.05, 4.69) is 21.2 Å². The number of nitrogens with one attached hydrogen (secondary N) is 1. The fraction of sp³-hybridized carbons (Fsp3) is 0.429. The van der Waals surface area contributed by atoms with E-state index in [1.165, 1.54) is 14.2 Å². The molecule has 0 bridgehead atoms. The molecule has 1 aliphatic rings. The molecule has 6 nitrogen and oxygen atoms in total. The van der Waals surface area contributed by atoms with Gasteiger partial charge in [0.1, 0.15) is 16.0 Å². The summed E-state index contributed by atoms with van der Waals surface area (Å²) in [5, 5.41) is 11.7. The second kappa shape index (κ2) is 5.93. The molecule has 0 atom stereocenters. The van der Waals surface area contributed by atoms with Gasteiger partial charge in [-0.05, 0) is 40.9 Å². The molecule has 1 aliphatic carbocycles. The molecular formula is C14H16BrNO5. The number of hydrogen-bond acceptors (Lipinski definition) is 4. The van der Waals surface area contributed by atoms with E-state index in [1.807, 2.05) is 0 Å². The van der Waals surface area contributed by atoms with E-state index < -0.39 is 11.4 Å². The Morgan fingerprint density at radius 3 is 2.19 bits per heavy atom. The first-order chi connectivity index (χ1) is 9.93. The van der Waals surface area contributed by atoms with Crippen LogP contribution >= 0.6 is 15.9 Å². The first-order valence-corrected chi connectivity index (χ1v) is 7.16. The Balaban J connectivity index is 2.14. The third-order valence-corrected chi connectivity index (χ3v) is 4.38. The zero-order valence-corrected chi connectivity index (χ0v) is 13.3. The van der Waals surface area contributed by atoms with Gasteiger partial charge in [-0.15, -0.1) is 0 Å². The van der Waals surface area contributed by atoms with Gasteiger partial charge in [-0.25, -0.2) is 0 Å². The first-order valence-electron chi connectivity index (χ1n) is 6.36. The van der Waals surface area contributed by atoms with Crippen molar-refractivity contribution in [1.29, 1.82) is 0 Å². The lowest BCUT2D eigenvalue weighted by atomic mass is 10.1. The second-order valence-corrected chi connectivity index (χ2v) is 5.76. The quantitative estimate of drug-likeness (QED) is 0.813. The van der Waals surface area contributed by atoms with Gasteiger partial charge < -0.3 is 19.9 Å². The number of ether oxygens (including phenoxy) is 2. The normalized spacial score (nSPS) is 15.2. The number of methoxy groups -OCH3 is 2. The van der Waals surface area contributed by atoms with Crippen LogP contribution in [0, 0.1) is 5.41 Å². The molecule has 2 N–H and O–H groups in total. The third kappa shape index (κ3) is 3.12. The van der Waals surface area contributed by atoms with Crippen LogP contribution < -0.4 is 14.8 Å². The van der Waals surface area contributed by atoms with Gasteiger partial charge >= 0.3 is 5.97 Å². The maximum atomic E-state index is 12.2. The highest BCUT2D eigenvalue weighted by atomic mass is 79.9. The Kier molecular flexibility index (Phi) is 4.41. The van der Waals surface area contributed by atoms with Crippen molar-refractivity contribution in [3.63, 3.8) is 0 Å². The Hall–Kier alpha value is -1.76. The topological polar surface area (TPSA) is 84.9 Å². The Morgan fingerprint density at radius 1 is 1.29 bits per heavy atom. The molecule has 114 valence electrons. The Morgan fingerprint density at radius 2 is 1.81 bits per heavy atom. The van der Waals surface area contributed by atoms with Crippen LogP contribution in [0.25, 0.3) is 0 Å². The number of carbonyl (C=O) groups excluding carboxylic acids is 1. The molecule has 0 aliphatic heterocycles. The monoisotopic (exact) mass is 357 g/mol. The Bertz CT molecular complexity index is 558. The highest BCUT2D eigenvalue weighted by Crippen LogP contribution is 2.45. The van der Waals surface area contributed by atoms with Crippen molar-refractivity contribution >= 4 is 27.8 Å². The molecule has 0 spiro atoms. The van der Waals surface area contributed by atoms with Crippen LogP contribution in [0.4, 0.5) is 0 Å². The SMILES string of the molecule is COc1cc(C(=O)NCC2(C(=O)O)CC2)cc(OC)c1Br. The molecule has 7 heteroatoms. The molecule has 1 aromatic carbocycles. The van der Waals surface area contributed by atoms with Gasteiger partial charge in [0.05, 0.1) is 19.6 Å². The van der Waals surface area contributed by atoms with Gasteiger partial charge in [0.25, 0.3) is 5.91 Å². The van der Waals surface area contributed by atoms with E-state index in [4.69, 9.17) is 14.6 Å². The predicted molar refractivity (Wildman–Crippen MR) is 78.9 cm³/mol. The molecule has 0 unspecified atom stereocenters. The van der Waals surface area contributed by atoms with E-state index in [-0.39, 0.29) is 12.5 Å². The minimum Gasteiger partial charge on any atom is -0.495 e. The molecule has 1 aromatic rings. The lowest BCUT2D eigenvalue weighted by molar-refractivity contribution is -0.143. The van der Waals surface area contributed by atoms with Crippen LogP contribution in [0.5, 0.6) is 11.5 Å². The number of aliphatic carboxylic acids is 1. The summed E-state index contributed by atoms with van der Waals surface area (Å²) in [6.45, 7) is 0.127. The Labute approximate surface area is 130 Å². The highest BCUT2D eigenvalue weighted by Gasteiger charge is 2.50. The van der Waals surface area contributed by atoms with Crippen LogP contribution in [-0.4, -0.2) is 37.7 Å². The maximum absolute atomic E-state index is 12.2. The third-order valence-electron chi connectivity index (χ3n) is 3.60. The number of carbonyl (C=O) groups is 2. The molecule has 1 fully saturated rings. The maximum Gasteiger partial charge on any atom is 0.311 e. The molecular weight excluding hydrogens is 342 g/mol. The summed E-state index contributed by atoms with van der Waals surface area (Å²) in [7, 11) is 2.98. The molecule has 21 heavy (non-hydrogen) atoms. The average Bonchev–Trinajstić information content (AvgIpc) is 3.26. The number of halogens is 1. The fourth-order valence-electron chi connectivity index (χ4n) is 1.97. The first kappa shape index (κ1) is 15.6. The summed E-state index contributed by atoms with van der Waals surface area (Å²) >= 11 is 3.33. The van der Waals surface area contributed by atoms with Crippen LogP contribution in [0.3, 0.4) is 0 Å². The molecule has 0 saturated heterocycles. The molecule has 1 saturated carbocycles. The second-order valence-electron chi connectivity index (χ2n) is 4.96. The van der Waals surface area contributed by atoms with Crippen LogP contribution in [0.1, 0.15) is 23.2 Å². The van der Waals surface area contributed by atoms with Gasteiger partial charge in [-0.3, -0.25) is 9.59 Å². The van der Waals surface area contributed by atoms with Crippen molar-refractivity contribution in [1.82, 2.24) is 5.32 Å². The van der Waals surface area contributed by atoms with E-state index >= 15 is 0 Å². The molecule has 2 rings (SSSR count). The minimum absolute atomic E-state index is 0.127. The number of carboxylic acid groups (broad SMARTS) is 1. The van der Waals surface area contributed by atoms with Gasteiger partial charge in [-0.1, -0.05) is 0 Å². The molecule has 0 radical (unpaired) electrons. The van der Waals surface area contributed by atoms with E-state index in [0.717, 1.165) is 0 Å². The van der Waals surface area contributed by atoms with Crippen LogP contribution in [0.15, 0.2) is 16.6 Å². The van der Waals surface area contributed by atoms with E-state index in [0.29, 0.717) is 34.4 Å². The molecule has 0 heterocycles. The largest absolute Gasteiger partial charge is 0.495 e. The summed E-state index contributed by atoms with van der Waals surface area (Å²) in [6.07, 6.45) is 1.19. The van der Waals surface area contributed by atoms with Crippen molar-refractivity contribution in [2.75, 3.05) is 20.8 Å². The summed E-state index contributed by atoms with van der Waals surface area (Å²) < 4.78 is 11.0. The number of rotatable bonds is 6. The molecule has 1 amide bonds. The lowest BCUT2D eigenvalue weighted by Crippen LogP contribution is -2.34. The van der Waals surface area contributed by atoms with Crippen LogP contribution in [0.2, 0.25) is 0 Å². The van der Waals surface area contributed by atoms with Crippen molar-refractivity contribution in [3.05, 3.63) is 22.2 Å². The zero-order chi connectivity index (χ0) is 15.6. The standard InChI is InChI=1S/C14H16BrNO5/c1-20-9-5-8(6-10(21-2)11(9)15)12(17)16-7-14(3-4-14)13(18)19/h5-6H,3-4,7H2,1-2H3,(H,16,17)(H,18,19). The summed E-state index contributed by atoms with van der Waals surface area (Å²) in [4.78, 5) is 23.2. The van der Waals surface area contributed by atoms with Crippen molar-refractivity contribution in [2.24, 2.45) is 5.41 Å².